The molecule has 2 N–H and O–H groups in total. The molecule has 0 aliphatic heterocycles. The standard InChI is InChI=1S/C15H9BrCl2N2O/c16-10-6-3-5-9(13(10)18)14-12(15(19)21-20-14)8-4-1-2-7-11(8)17/h1-7H,19H2. The highest BCUT2D eigenvalue weighted by Crippen LogP contribution is 2.42. The summed E-state index contributed by atoms with van der Waals surface area (Å²) in [6.07, 6.45) is 0. The van der Waals surface area contributed by atoms with Gasteiger partial charge in [-0.25, -0.2) is 0 Å². The lowest BCUT2D eigenvalue weighted by atomic mass is 10.0. The molecular formula is C15H9BrCl2N2O. The highest BCUT2D eigenvalue weighted by molar-refractivity contribution is 9.10. The summed E-state index contributed by atoms with van der Waals surface area (Å²) >= 11 is 16.0. The zero-order valence-corrected chi connectivity index (χ0v) is 13.7. The van der Waals surface area contributed by atoms with Crippen LogP contribution >= 0.6 is 39.1 Å². The van der Waals surface area contributed by atoms with Gasteiger partial charge < -0.3 is 10.3 Å². The average Bonchev–Trinajstić information content (AvgIpc) is 2.84. The first kappa shape index (κ1) is 14.4. The van der Waals surface area contributed by atoms with E-state index in [4.69, 9.17) is 33.5 Å². The molecule has 1 heterocycles. The molecule has 3 aromatic rings. The Labute approximate surface area is 139 Å². The molecule has 0 fully saturated rings. The lowest BCUT2D eigenvalue weighted by Crippen LogP contribution is -1.89. The molecule has 0 bridgehead atoms. The first-order valence-electron chi connectivity index (χ1n) is 6.04. The van der Waals surface area contributed by atoms with Gasteiger partial charge in [0.15, 0.2) is 0 Å². The SMILES string of the molecule is Nc1onc(-c2cccc(Br)c2Cl)c1-c1ccccc1Cl. The number of hydrogen-bond donors (Lipinski definition) is 1. The Morgan fingerprint density at radius 2 is 1.71 bits per heavy atom. The van der Waals surface area contributed by atoms with Crippen LogP contribution in [-0.2, 0) is 0 Å². The predicted octanol–water partition coefficient (Wildman–Crippen LogP) is 5.66. The van der Waals surface area contributed by atoms with Gasteiger partial charge in [0.05, 0.1) is 10.6 Å². The summed E-state index contributed by atoms with van der Waals surface area (Å²) in [5, 5.41) is 5.15. The Hall–Kier alpha value is -1.49. The van der Waals surface area contributed by atoms with E-state index in [0.717, 1.165) is 15.6 Å². The number of nitrogen functional groups attached to an aromatic ring is 1. The van der Waals surface area contributed by atoms with Gasteiger partial charge in [-0.2, -0.15) is 0 Å². The maximum atomic E-state index is 6.33. The van der Waals surface area contributed by atoms with Gasteiger partial charge in [-0.05, 0) is 28.1 Å². The third-order valence-electron chi connectivity index (χ3n) is 3.07. The predicted molar refractivity (Wildman–Crippen MR) is 89.5 cm³/mol. The minimum absolute atomic E-state index is 0.203. The van der Waals surface area contributed by atoms with Crippen molar-refractivity contribution in [1.82, 2.24) is 5.16 Å². The highest BCUT2D eigenvalue weighted by atomic mass is 79.9. The number of halogens is 3. The van der Waals surface area contributed by atoms with Crippen LogP contribution in [-0.4, -0.2) is 5.16 Å². The molecule has 1 aromatic heterocycles. The normalized spacial score (nSPS) is 10.8. The van der Waals surface area contributed by atoms with Crippen LogP contribution in [0.4, 0.5) is 5.88 Å². The first-order chi connectivity index (χ1) is 10.1. The number of benzene rings is 2. The van der Waals surface area contributed by atoms with Gasteiger partial charge >= 0.3 is 0 Å². The smallest absolute Gasteiger partial charge is 0.230 e. The molecule has 0 amide bonds. The lowest BCUT2D eigenvalue weighted by molar-refractivity contribution is 0.439. The molecule has 3 rings (SSSR count). The molecule has 0 saturated heterocycles. The summed E-state index contributed by atoms with van der Waals surface area (Å²) in [5.41, 5.74) is 8.60. The summed E-state index contributed by atoms with van der Waals surface area (Å²) in [4.78, 5) is 0. The van der Waals surface area contributed by atoms with Crippen molar-refractivity contribution >= 4 is 45.0 Å². The monoisotopic (exact) mass is 382 g/mol. The van der Waals surface area contributed by atoms with Crippen LogP contribution in [0.1, 0.15) is 0 Å². The quantitative estimate of drug-likeness (QED) is 0.621. The molecule has 6 heteroatoms. The van der Waals surface area contributed by atoms with Crippen LogP contribution in [0, 0.1) is 0 Å². The fourth-order valence-electron chi connectivity index (χ4n) is 2.10. The molecule has 0 aliphatic rings. The van der Waals surface area contributed by atoms with Crippen LogP contribution in [0.25, 0.3) is 22.4 Å². The molecule has 21 heavy (non-hydrogen) atoms. The Bertz CT molecular complexity index is 817. The van der Waals surface area contributed by atoms with Gasteiger partial charge in [0.1, 0.15) is 5.69 Å². The second kappa shape index (κ2) is 5.72. The molecule has 2 aromatic carbocycles. The van der Waals surface area contributed by atoms with E-state index < -0.39 is 0 Å². The molecule has 0 saturated carbocycles. The third kappa shape index (κ3) is 2.55. The van der Waals surface area contributed by atoms with Gasteiger partial charge in [-0.1, -0.05) is 58.7 Å². The Balaban J connectivity index is 2.28. The largest absolute Gasteiger partial charge is 0.367 e. The number of hydrogen-bond acceptors (Lipinski definition) is 3. The molecule has 0 unspecified atom stereocenters. The zero-order valence-electron chi connectivity index (χ0n) is 10.6. The minimum Gasteiger partial charge on any atom is -0.367 e. The van der Waals surface area contributed by atoms with Crippen LogP contribution in [0.3, 0.4) is 0 Å². The summed E-state index contributed by atoms with van der Waals surface area (Å²) in [7, 11) is 0. The molecule has 106 valence electrons. The Morgan fingerprint density at radius 1 is 1.00 bits per heavy atom. The molecular weight excluding hydrogens is 375 g/mol. The van der Waals surface area contributed by atoms with Crippen molar-refractivity contribution in [3.63, 3.8) is 0 Å². The molecule has 0 aliphatic carbocycles. The fraction of sp³-hybridized carbons (Fsp3) is 0. The van der Waals surface area contributed by atoms with Crippen molar-refractivity contribution in [3.8, 4) is 22.4 Å². The van der Waals surface area contributed by atoms with Gasteiger partial charge in [0.25, 0.3) is 0 Å². The molecule has 0 atom stereocenters. The molecule has 3 nitrogen and oxygen atoms in total. The van der Waals surface area contributed by atoms with Gasteiger partial charge in [0, 0.05) is 20.6 Å². The van der Waals surface area contributed by atoms with E-state index in [1.54, 1.807) is 6.07 Å². The second-order valence-corrected chi connectivity index (χ2v) is 5.99. The number of nitrogens with two attached hydrogens (primary N) is 1. The zero-order chi connectivity index (χ0) is 15.0. The Morgan fingerprint density at radius 3 is 2.48 bits per heavy atom. The van der Waals surface area contributed by atoms with E-state index in [0.29, 0.717) is 21.3 Å². The average molecular weight is 384 g/mol. The minimum atomic E-state index is 0.203. The van der Waals surface area contributed by atoms with Crippen LogP contribution in [0.15, 0.2) is 51.5 Å². The second-order valence-electron chi connectivity index (χ2n) is 4.35. The Kier molecular flexibility index (Phi) is 3.93. The van der Waals surface area contributed by atoms with E-state index in [9.17, 15) is 0 Å². The van der Waals surface area contributed by atoms with Crippen molar-refractivity contribution in [2.24, 2.45) is 0 Å². The number of aromatic nitrogens is 1. The van der Waals surface area contributed by atoms with E-state index in [2.05, 4.69) is 21.1 Å². The molecule has 0 spiro atoms. The lowest BCUT2D eigenvalue weighted by Gasteiger charge is -2.07. The summed E-state index contributed by atoms with van der Waals surface area (Å²) in [6, 6.07) is 12.9. The third-order valence-corrected chi connectivity index (χ3v) is 4.69. The summed E-state index contributed by atoms with van der Waals surface area (Å²) < 4.78 is 5.92. The van der Waals surface area contributed by atoms with Crippen molar-refractivity contribution in [2.45, 2.75) is 0 Å². The number of nitrogens with zero attached hydrogens (tertiary/aromatic N) is 1. The van der Waals surface area contributed by atoms with E-state index in [-0.39, 0.29) is 5.88 Å². The van der Waals surface area contributed by atoms with Gasteiger partial charge in [-0.3, -0.25) is 0 Å². The summed E-state index contributed by atoms with van der Waals surface area (Å²) in [6.45, 7) is 0. The fourth-order valence-corrected chi connectivity index (χ4v) is 2.91. The van der Waals surface area contributed by atoms with E-state index >= 15 is 0 Å². The molecule has 0 radical (unpaired) electrons. The maximum absolute atomic E-state index is 6.33. The van der Waals surface area contributed by atoms with Crippen LogP contribution in [0.2, 0.25) is 10.0 Å². The first-order valence-corrected chi connectivity index (χ1v) is 7.59. The van der Waals surface area contributed by atoms with Crippen molar-refractivity contribution in [2.75, 3.05) is 5.73 Å². The van der Waals surface area contributed by atoms with Gasteiger partial charge in [-0.15, -0.1) is 0 Å². The van der Waals surface area contributed by atoms with Crippen LogP contribution < -0.4 is 5.73 Å². The van der Waals surface area contributed by atoms with E-state index in [1.165, 1.54) is 0 Å². The van der Waals surface area contributed by atoms with Crippen LogP contribution in [0.5, 0.6) is 0 Å². The van der Waals surface area contributed by atoms with E-state index in [1.807, 2.05) is 36.4 Å². The topological polar surface area (TPSA) is 52.0 Å². The number of anilines is 1. The van der Waals surface area contributed by atoms with Crippen molar-refractivity contribution < 1.29 is 4.52 Å². The van der Waals surface area contributed by atoms with Gasteiger partial charge in [0.2, 0.25) is 5.88 Å². The maximum Gasteiger partial charge on any atom is 0.230 e. The van der Waals surface area contributed by atoms with Crippen molar-refractivity contribution in [1.29, 1.82) is 0 Å². The summed E-state index contributed by atoms with van der Waals surface area (Å²) in [5.74, 6) is 0.203. The highest BCUT2D eigenvalue weighted by Gasteiger charge is 2.21. The van der Waals surface area contributed by atoms with Crippen molar-refractivity contribution in [3.05, 3.63) is 57.0 Å². The number of rotatable bonds is 2.